The van der Waals surface area contributed by atoms with Crippen LogP contribution >= 0.6 is 0 Å². The van der Waals surface area contributed by atoms with Gasteiger partial charge in [0.2, 0.25) is 0 Å². The van der Waals surface area contributed by atoms with E-state index in [0.29, 0.717) is 5.04 Å². The average Bonchev–Trinajstić information content (AvgIpc) is 1.59. The molecule has 0 unspecified atom stereocenters. The Labute approximate surface area is 54.8 Å². The molecule has 0 fully saturated rings. The van der Waals surface area contributed by atoms with Crippen molar-refractivity contribution >= 4 is 9.52 Å². The lowest BCUT2D eigenvalue weighted by atomic mass is 10.3. The quantitative estimate of drug-likeness (QED) is 0.473. The number of hydrogen-bond donors (Lipinski definition) is 0. The van der Waals surface area contributed by atoms with Crippen LogP contribution in [0.25, 0.3) is 0 Å². The van der Waals surface area contributed by atoms with E-state index in [4.69, 9.17) is 0 Å². The molecule has 0 saturated carbocycles. The van der Waals surface area contributed by atoms with Gasteiger partial charge in [0.25, 0.3) is 0 Å². The fourth-order valence-electron chi connectivity index (χ4n) is 0.471. The summed E-state index contributed by atoms with van der Waals surface area (Å²) in [6, 6.07) is 0. The molecule has 48 valence electrons. The van der Waals surface area contributed by atoms with Gasteiger partial charge >= 0.3 is 0 Å². The Morgan fingerprint density at radius 2 is 1.75 bits per heavy atom. The van der Waals surface area contributed by atoms with Gasteiger partial charge in [0, 0.05) is 0 Å². The number of hydrogen-bond acceptors (Lipinski definition) is 0. The molecule has 0 heterocycles. The lowest BCUT2D eigenvalue weighted by Gasteiger charge is -2.13. The molecule has 0 aliphatic carbocycles. The summed E-state index contributed by atoms with van der Waals surface area (Å²) in [5.41, 5.74) is 2.35. The van der Waals surface area contributed by atoms with Crippen LogP contribution in [0.4, 0.5) is 0 Å². The first-order chi connectivity index (χ1) is 3.56. The molecular weight excluding hydrogens is 112 g/mol. The summed E-state index contributed by atoms with van der Waals surface area (Å²) in [5, 5.41) is 0.604. The summed E-state index contributed by atoms with van der Waals surface area (Å²) in [7, 11) is 0.0691. The number of rotatable bonds is 1. The van der Waals surface area contributed by atoms with Crippen LogP contribution in [0.2, 0.25) is 5.04 Å². The highest BCUT2D eigenvalue weighted by Crippen LogP contribution is 2.19. The van der Waals surface area contributed by atoms with E-state index in [1.807, 2.05) is 0 Å². The van der Waals surface area contributed by atoms with Crippen LogP contribution in [0.1, 0.15) is 27.7 Å². The molecule has 1 heteroatoms. The molecule has 8 heavy (non-hydrogen) atoms. The molecule has 0 aliphatic rings. The smallest absolute Gasteiger partial charge is 0.0503 e. The molecule has 0 atom stereocenters. The van der Waals surface area contributed by atoms with Gasteiger partial charge in [-0.25, -0.2) is 0 Å². The Kier molecular flexibility index (Phi) is 3.06. The van der Waals surface area contributed by atoms with Crippen LogP contribution in [0, 0.1) is 0 Å². The van der Waals surface area contributed by atoms with Crippen LogP contribution < -0.4 is 0 Å². The van der Waals surface area contributed by atoms with E-state index in [1.54, 1.807) is 0 Å². The van der Waals surface area contributed by atoms with Crippen molar-refractivity contribution < 1.29 is 0 Å². The second kappa shape index (κ2) is 3.08. The summed E-state index contributed by atoms with van der Waals surface area (Å²) in [4.78, 5) is 0. The summed E-state index contributed by atoms with van der Waals surface area (Å²) in [5.74, 6) is 0. The zero-order valence-electron chi connectivity index (χ0n) is 6.36. The van der Waals surface area contributed by atoms with E-state index in [2.05, 4.69) is 39.5 Å². The maximum atomic E-state index is 2.35. The molecule has 0 aromatic carbocycles. The second-order valence-corrected chi connectivity index (χ2v) is 6.33. The lowest BCUT2D eigenvalue weighted by Crippen LogP contribution is -2.04. The first-order valence-corrected chi connectivity index (χ1v) is 4.70. The van der Waals surface area contributed by atoms with E-state index in [1.165, 1.54) is 0 Å². The molecule has 0 spiro atoms. The van der Waals surface area contributed by atoms with Crippen molar-refractivity contribution in [3.8, 4) is 0 Å². The molecule has 0 aliphatic heterocycles. The summed E-state index contributed by atoms with van der Waals surface area (Å²) in [6.07, 6.45) is 2.16. The van der Waals surface area contributed by atoms with Crippen LogP contribution in [0.5, 0.6) is 0 Å². The third-order valence-electron chi connectivity index (χ3n) is 0.966. The highest BCUT2D eigenvalue weighted by atomic mass is 28.2. The number of allylic oxidation sites excluding steroid dienone is 1. The summed E-state index contributed by atoms with van der Waals surface area (Å²) < 4.78 is 0. The van der Waals surface area contributed by atoms with E-state index < -0.39 is 0 Å². The molecule has 0 aromatic rings. The van der Waals surface area contributed by atoms with Crippen molar-refractivity contribution in [1.82, 2.24) is 0 Å². The van der Waals surface area contributed by atoms with Crippen molar-refractivity contribution in [2.75, 3.05) is 0 Å². The third kappa shape index (κ3) is 5.96. The van der Waals surface area contributed by atoms with Gasteiger partial charge < -0.3 is 0 Å². The minimum absolute atomic E-state index is 0.0691. The molecule has 0 nitrogen and oxygen atoms in total. The van der Waals surface area contributed by atoms with Gasteiger partial charge in [0.15, 0.2) is 0 Å². The topological polar surface area (TPSA) is 0 Å². The maximum Gasteiger partial charge on any atom is 0.0503 e. The maximum absolute atomic E-state index is 2.35. The SMILES string of the molecule is CC=C[SiH2]C(C)(C)C. The van der Waals surface area contributed by atoms with Crippen molar-refractivity contribution in [2.45, 2.75) is 32.7 Å². The molecule has 0 amide bonds. The standard InChI is InChI=1S/C7H16Si/c1-5-6-8-7(2,3)4/h5-6H,8H2,1-4H3. The highest BCUT2D eigenvalue weighted by molar-refractivity contribution is 6.45. The molecule has 0 radical (unpaired) electrons. The Bertz CT molecular complexity index is 76.9. The fourth-order valence-corrected chi connectivity index (χ4v) is 1.41. The van der Waals surface area contributed by atoms with E-state index in [9.17, 15) is 0 Å². The van der Waals surface area contributed by atoms with Crippen LogP contribution in [-0.4, -0.2) is 9.52 Å². The third-order valence-corrected chi connectivity index (χ3v) is 2.90. The zero-order chi connectivity index (χ0) is 6.62. The summed E-state index contributed by atoms with van der Waals surface area (Å²) in [6.45, 7) is 9.01. The van der Waals surface area contributed by atoms with E-state index in [-0.39, 0.29) is 9.52 Å². The first-order valence-electron chi connectivity index (χ1n) is 3.17. The van der Waals surface area contributed by atoms with Gasteiger partial charge in [-0.3, -0.25) is 0 Å². The monoisotopic (exact) mass is 128 g/mol. The fraction of sp³-hybridized carbons (Fsp3) is 0.714. The molecule has 0 rings (SSSR count). The Hall–Kier alpha value is -0.0431. The van der Waals surface area contributed by atoms with Crippen molar-refractivity contribution in [3.63, 3.8) is 0 Å². The Morgan fingerprint density at radius 1 is 1.25 bits per heavy atom. The van der Waals surface area contributed by atoms with Gasteiger partial charge in [-0.15, -0.1) is 5.70 Å². The van der Waals surface area contributed by atoms with E-state index in [0.717, 1.165) is 0 Å². The largest absolute Gasteiger partial charge is 0.105 e. The van der Waals surface area contributed by atoms with Crippen LogP contribution in [0.15, 0.2) is 11.8 Å². The highest BCUT2D eigenvalue weighted by Gasteiger charge is 2.06. The normalized spacial score (nSPS) is 14.5. The van der Waals surface area contributed by atoms with Gasteiger partial charge in [0.05, 0.1) is 9.52 Å². The average molecular weight is 128 g/mol. The van der Waals surface area contributed by atoms with Gasteiger partial charge in [-0.1, -0.05) is 26.8 Å². The van der Waals surface area contributed by atoms with Gasteiger partial charge in [0.1, 0.15) is 0 Å². The minimum Gasteiger partial charge on any atom is -0.105 e. The van der Waals surface area contributed by atoms with Crippen LogP contribution in [0.3, 0.4) is 0 Å². The molecule has 0 bridgehead atoms. The predicted molar refractivity (Wildman–Crippen MR) is 43.1 cm³/mol. The molecule has 0 aromatic heterocycles. The van der Waals surface area contributed by atoms with Crippen LogP contribution in [-0.2, 0) is 0 Å². The predicted octanol–water partition coefficient (Wildman–Crippen LogP) is 1.91. The molecular formula is C7H16Si. The summed E-state index contributed by atoms with van der Waals surface area (Å²) >= 11 is 0. The zero-order valence-corrected chi connectivity index (χ0v) is 7.78. The Morgan fingerprint density at radius 3 is 1.88 bits per heavy atom. The van der Waals surface area contributed by atoms with Crippen molar-refractivity contribution in [2.24, 2.45) is 0 Å². The van der Waals surface area contributed by atoms with Gasteiger partial charge in [-0.05, 0) is 12.0 Å². The molecule has 0 N–H and O–H groups in total. The van der Waals surface area contributed by atoms with Crippen molar-refractivity contribution in [1.29, 1.82) is 0 Å². The molecule has 0 saturated heterocycles. The van der Waals surface area contributed by atoms with Gasteiger partial charge in [-0.2, -0.15) is 0 Å². The Balaban J connectivity index is 3.39. The first kappa shape index (κ1) is 7.96. The van der Waals surface area contributed by atoms with E-state index >= 15 is 0 Å². The minimum atomic E-state index is 0.0691. The second-order valence-electron chi connectivity index (χ2n) is 3.33. The van der Waals surface area contributed by atoms with Crippen molar-refractivity contribution in [3.05, 3.63) is 11.8 Å². The lowest BCUT2D eigenvalue weighted by molar-refractivity contribution is 0.759.